The van der Waals surface area contributed by atoms with Crippen molar-refractivity contribution < 1.29 is 9.47 Å². The summed E-state index contributed by atoms with van der Waals surface area (Å²) in [4.78, 5) is 0. The molecule has 5 heteroatoms. The minimum Gasteiger partial charge on any atom is -0.493 e. The average Bonchev–Trinajstić information content (AvgIpc) is 3.04. The Morgan fingerprint density at radius 1 is 0.964 bits per heavy atom. The third kappa shape index (κ3) is 4.73. The van der Waals surface area contributed by atoms with E-state index in [4.69, 9.17) is 9.47 Å². The van der Waals surface area contributed by atoms with Gasteiger partial charge < -0.3 is 14.8 Å². The summed E-state index contributed by atoms with van der Waals surface area (Å²) in [5.74, 6) is 1.50. The Kier molecular flexibility index (Phi) is 6.71. The van der Waals surface area contributed by atoms with Crippen LogP contribution in [0.1, 0.15) is 23.4 Å². The van der Waals surface area contributed by atoms with E-state index in [2.05, 4.69) is 64.5 Å². The van der Waals surface area contributed by atoms with Gasteiger partial charge in [-0.25, -0.2) is 0 Å². The quantitative estimate of drug-likeness (QED) is 0.561. The van der Waals surface area contributed by atoms with Crippen LogP contribution in [-0.4, -0.2) is 30.5 Å². The number of hydrogen-bond donors (Lipinski definition) is 1. The highest BCUT2D eigenvalue weighted by Crippen LogP contribution is 2.35. The first kappa shape index (κ1) is 20.0. The Hall–Kier alpha value is -2.79. The summed E-state index contributed by atoms with van der Waals surface area (Å²) in [7, 11) is 3.34. The van der Waals surface area contributed by atoms with E-state index in [9.17, 15) is 0 Å². The molecule has 3 rings (SSSR count). The molecular weight excluding hydrogens is 350 g/mol. The van der Waals surface area contributed by atoms with Crippen LogP contribution in [0.4, 0.5) is 0 Å². The summed E-state index contributed by atoms with van der Waals surface area (Å²) in [5, 5.41) is 8.08. The Balaban J connectivity index is 1.68. The zero-order valence-corrected chi connectivity index (χ0v) is 17.2. The topological polar surface area (TPSA) is 48.3 Å². The van der Waals surface area contributed by atoms with Crippen molar-refractivity contribution in [1.29, 1.82) is 0 Å². The van der Waals surface area contributed by atoms with Crippen molar-refractivity contribution in [3.8, 4) is 22.6 Å². The highest BCUT2D eigenvalue weighted by Gasteiger charge is 2.12. The third-order valence-electron chi connectivity index (χ3n) is 4.84. The van der Waals surface area contributed by atoms with E-state index < -0.39 is 0 Å². The van der Waals surface area contributed by atoms with Gasteiger partial charge in [0.2, 0.25) is 0 Å². The van der Waals surface area contributed by atoms with E-state index in [1.807, 2.05) is 13.0 Å². The maximum absolute atomic E-state index is 5.50. The minimum atomic E-state index is 0.745. The normalized spacial score (nSPS) is 10.9. The van der Waals surface area contributed by atoms with Crippen molar-refractivity contribution >= 4 is 0 Å². The lowest BCUT2D eigenvalue weighted by molar-refractivity contribution is 0.354. The predicted octanol–water partition coefficient (Wildman–Crippen LogP) is 4.36. The smallest absolute Gasteiger partial charge is 0.161 e. The second-order valence-corrected chi connectivity index (χ2v) is 6.91. The van der Waals surface area contributed by atoms with E-state index in [0.29, 0.717) is 0 Å². The SMILES string of the molecule is COc1cc(CNCCCn2nc(C)cc2C)c(-c2ccccc2)cc1OC. The Labute approximate surface area is 167 Å². The van der Waals surface area contributed by atoms with Crippen LogP contribution in [0, 0.1) is 13.8 Å². The number of ether oxygens (including phenoxy) is 2. The lowest BCUT2D eigenvalue weighted by atomic mass is 9.98. The molecule has 0 aliphatic carbocycles. The molecule has 0 fully saturated rings. The van der Waals surface area contributed by atoms with E-state index in [-0.39, 0.29) is 0 Å². The average molecular weight is 380 g/mol. The van der Waals surface area contributed by atoms with Crippen LogP contribution in [0.2, 0.25) is 0 Å². The van der Waals surface area contributed by atoms with Crippen molar-refractivity contribution in [2.24, 2.45) is 0 Å². The molecule has 0 unspecified atom stereocenters. The standard InChI is InChI=1S/C23H29N3O2/c1-17-13-18(2)26(25-17)12-8-11-24-16-20-14-22(27-3)23(28-4)15-21(20)19-9-6-5-7-10-19/h5-7,9-10,13-15,24H,8,11-12,16H2,1-4H3. The fraction of sp³-hybridized carbons (Fsp3) is 0.348. The molecule has 5 nitrogen and oxygen atoms in total. The van der Waals surface area contributed by atoms with Crippen LogP contribution in [0.3, 0.4) is 0 Å². The van der Waals surface area contributed by atoms with Crippen LogP contribution < -0.4 is 14.8 Å². The van der Waals surface area contributed by atoms with Gasteiger partial charge in [-0.15, -0.1) is 0 Å². The Morgan fingerprint density at radius 2 is 1.68 bits per heavy atom. The van der Waals surface area contributed by atoms with Crippen LogP contribution in [0.5, 0.6) is 11.5 Å². The number of rotatable bonds is 9. The maximum Gasteiger partial charge on any atom is 0.161 e. The summed E-state index contributed by atoms with van der Waals surface area (Å²) < 4.78 is 13.1. The van der Waals surface area contributed by atoms with E-state index in [1.165, 1.54) is 16.8 Å². The van der Waals surface area contributed by atoms with Gasteiger partial charge in [0, 0.05) is 18.8 Å². The van der Waals surface area contributed by atoms with Crippen molar-refractivity contribution in [1.82, 2.24) is 15.1 Å². The number of benzene rings is 2. The molecule has 1 heterocycles. The number of nitrogens with one attached hydrogen (secondary N) is 1. The van der Waals surface area contributed by atoms with E-state index >= 15 is 0 Å². The van der Waals surface area contributed by atoms with Crippen molar-refractivity contribution in [3.05, 3.63) is 65.5 Å². The van der Waals surface area contributed by atoms with E-state index in [0.717, 1.165) is 48.8 Å². The van der Waals surface area contributed by atoms with Gasteiger partial charge in [-0.1, -0.05) is 30.3 Å². The summed E-state index contributed by atoms with van der Waals surface area (Å²) in [6.45, 7) is 6.74. The molecule has 28 heavy (non-hydrogen) atoms. The molecule has 0 aliphatic rings. The zero-order valence-electron chi connectivity index (χ0n) is 17.2. The first-order chi connectivity index (χ1) is 13.6. The van der Waals surface area contributed by atoms with Crippen LogP contribution in [0.15, 0.2) is 48.5 Å². The fourth-order valence-electron chi connectivity index (χ4n) is 3.43. The monoisotopic (exact) mass is 379 g/mol. The van der Waals surface area contributed by atoms with Crippen molar-refractivity contribution in [3.63, 3.8) is 0 Å². The van der Waals surface area contributed by atoms with Crippen LogP contribution in [-0.2, 0) is 13.1 Å². The predicted molar refractivity (Wildman–Crippen MR) is 113 cm³/mol. The highest BCUT2D eigenvalue weighted by molar-refractivity contribution is 5.71. The molecule has 1 N–H and O–H groups in total. The van der Waals surface area contributed by atoms with Crippen molar-refractivity contribution in [2.75, 3.05) is 20.8 Å². The first-order valence-corrected chi connectivity index (χ1v) is 9.64. The second-order valence-electron chi connectivity index (χ2n) is 6.91. The van der Waals surface area contributed by atoms with Crippen molar-refractivity contribution in [2.45, 2.75) is 33.4 Å². The fourth-order valence-corrected chi connectivity index (χ4v) is 3.43. The molecule has 0 saturated carbocycles. The summed E-state index contributed by atoms with van der Waals surface area (Å²) in [6.07, 6.45) is 1.02. The molecule has 0 aliphatic heterocycles. The number of aromatic nitrogens is 2. The number of nitrogens with zero attached hydrogens (tertiary/aromatic N) is 2. The molecule has 1 aromatic heterocycles. The lowest BCUT2D eigenvalue weighted by Gasteiger charge is -2.16. The number of methoxy groups -OCH3 is 2. The first-order valence-electron chi connectivity index (χ1n) is 9.64. The molecule has 0 amide bonds. The summed E-state index contributed by atoms with van der Waals surface area (Å²) in [6, 6.07) is 16.6. The van der Waals surface area contributed by atoms with Gasteiger partial charge in [-0.05, 0) is 61.7 Å². The zero-order chi connectivity index (χ0) is 19.9. The largest absolute Gasteiger partial charge is 0.493 e. The Bertz CT molecular complexity index is 904. The maximum atomic E-state index is 5.50. The lowest BCUT2D eigenvalue weighted by Crippen LogP contribution is -2.18. The highest BCUT2D eigenvalue weighted by atomic mass is 16.5. The molecular formula is C23H29N3O2. The van der Waals surface area contributed by atoms with Gasteiger partial charge in [0.05, 0.1) is 19.9 Å². The number of hydrogen-bond acceptors (Lipinski definition) is 4. The summed E-state index contributed by atoms with van der Waals surface area (Å²) >= 11 is 0. The van der Waals surface area contributed by atoms with Gasteiger partial charge in [-0.3, -0.25) is 4.68 Å². The van der Waals surface area contributed by atoms with Crippen LogP contribution >= 0.6 is 0 Å². The molecule has 0 atom stereocenters. The van der Waals surface area contributed by atoms with Gasteiger partial charge in [0.15, 0.2) is 11.5 Å². The van der Waals surface area contributed by atoms with Gasteiger partial charge in [0.25, 0.3) is 0 Å². The minimum absolute atomic E-state index is 0.745. The molecule has 0 spiro atoms. The number of aryl methyl sites for hydroxylation is 3. The molecule has 0 saturated heterocycles. The van der Waals surface area contributed by atoms with E-state index in [1.54, 1.807) is 14.2 Å². The van der Waals surface area contributed by atoms with Gasteiger partial charge in [-0.2, -0.15) is 5.10 Å². The Morgan fingerprint density at radius 3 is 2.32 bits per heavy atom. The third-order valence-corrected chi connectivity index (χ3v) is 4.84. The van der Waals surface area contributed by atoms with Gasteiger partial charge in [0.1, 0.15) is 0 Å². The molecule has 3 aromatic rings. The van der Waals surface area contributed by atoms with Crippen LogP contribution in [0.25, 0.3) is 11.1 Å². The van der Waals surface area contributed by atoms with Gasteiger partial charge >= 0.3 is 0 Å². The molecule has 0 bridgehead atoms. The second kappa shape index (κ2) is 9.42. The summed E-state index contributed by atoms with van der Waals surface area (Å²) in [5.41, 5.74) is 5.80. The molecule has 2 aromatic carbocycles. The molecule has 148 valence electrons. The molecule has 0 radical (unpaired) electrons.